The molecule has 0 radical (unpaired) electrons. The molecule has 0 aliphatic heterocycles. The summed E-state index contributed by atoms with van der Waals surface area (Å²) in [7, 11) is 1.59. The summed E-state index contributed by atoms with van der Waals surface area (Å²) in [6, 6.07) is -0.801. The highest BCUT2D eigenvalue weighted by atomic mass is 16.5. The summed E-state index contributed by atoms with van der Waals surface area (Å²) in [5.74, 6) is -1.29. The molecule has 100 valence electrons. The SMILES string of the molecule is CCC(C)[C@H](NC(=O)CCC(C)OC)C(=O)O. The van der Waals surface area contributed by atoms with E-state index in [4.69, 9.17) is 9.84 Å². The van der Waals surface area contributed by atoms with Crippen molar-refractivity contribution in [1.82, 2.24) is 5.32 Å². The maximum atomic E-state index is 11.6. The minimum Gasteiger partial charge on any atom is -0.480 e. The van der Waals surface area contributed by atoms with Crippen LogP contribution in [0, 0.1) is 5.92 Å². The van der Waals surface area contributed by atoms with Gasteiger partial charge in [-0.05, 0) is 19.3 Å². The lowest BCUT2D eigenvalue weighted by Crippen LogP contribution is -2.45. The van der Waals surface area contributed by atoms with Crippen LogP contribution in [-0.4, -0.2) is 36.2 Å². The Morgan fingerprint density at radius 3 is 2.35 bits per heavy atom. The zero-order chi connectivity index (χ0) is 13.4. The Labute approximate surface area is 103 Å². The van der Waals surface area contributed by atoms with E-state index >= 15 is 0 Å². The smallest absolute Gasteiger partial charge is 0.326 e. The lowest BCUT2D eigenvalue weighted by molar-refractivity contribution is -0.143. The number of nitrogens with one attached hydrogen (secondary N) is 1. The summed E-state index contributed by atoms with van der Waals surface area (Å²) in [6.07, 6.45) is 1.60. The standard InChI is InChI=1S/C12H23NO4/c1-5-8(2)11(12(15)16)13-10(14)7-6-9(3)17-4/h8-9,11H,5-7H2,1-4H3,(H,13,14)(H,15,16)/t8?,9?,11-/m0/s1. The second-order valence-electron chi connectivity index (χ2n) is 4.35. The highest BCUT2D eigenvalue weighted by Crippen LogP contribution is 2.09. The lowest BCUT2D eigenvalue weighted by Gasteiger charge is -2.20. The monoisotopic (exact) mass is 245 g/mol. The Bertz CT molecular complexity index is 255. The van der Waals surface area contributed by atoms with Gasteiger partial charge in [-0.3, -0.25) is 4.79 Å². The Morgan fingerprint density at radius 1 is 1.35 bits per heavy atom. The molecular formula is C12H23NO4. The molecule has 0 fully saturated rings. The third-order valence-electron chi connectivity index (χ3n) is 2.98. The highest BCUT2D eigenvalue weighted by molar-refractivity contribution is 5.83. The molecule has 5 nitrogen and oxygen atoms in total. The van der Waals surface area contributed by atoms with Gasteiger partial charge in [-0.1, -0.05) is 20.3 Å². The van der Waals surface area contributed by atoms with E-state index in [0.29, 0.717) is 12.8 Å². The average molecular weight is 245 g/mol. The number of carbonyl (C=O) groups excluding carboxylic acids is 1. The number of rotatable bonds is 8. The van der Waals surface area contributed by atoms with Crippen molar-refractivity contribution >= 4 is 11.9 Å². The zero-order valence-electron chi connectivity index (χ0n) is 11.0. The van der Waals surface area contributed by atoms with Gasteiger partial charge in [-0.15, -0.1) is 0 Å². The van der Waals surface area contributed by atoms with Crippen molar-refractivity contribution in [2.45, 2.75) is 52.2 Å². The maximum Gasteiger partial charge on any atom is 0.326 e. The normalized spacial score (nSPS) is 16.0. The molecule has 0 aromatic heterocycles. The maximum absolute atomic E-state index is 11.6. The van der Waals surface area contributed by atoms with Crippen molar-refractivity contribution < 1.29 is 19.4 Å². The molecular weight excluding hydrogens is 222 g/mol. The number of ether oxygens (including phenoxy) is 1. The minimum absolute atomic E-state index is 0.00706. The van der Waals surface area contributed by atoms with Crippen LogP contribution in [0.5, 0.6) is 0 Å². The number of methoxy groups -OCH3 is 1. The first-order chi connectivity index (χ1) is 7.92. The second kappa shape index (κ2) is 8.06. The molecule has 2 N–H and O–H groups in total. The average Bonchev–Trinajstić information content (AvgIpc) is 2.31. The number of aliphatic carboxylic acids is 1. The number of carboxylic acid groups (broad SMARTS) is 1. The summed E-state index contributed by atoms with van der Waals surface area (Å²) in [6.45, 7) is 5.59. The summed E-state index contributed by atoms with van der Waals surface area (Å²) >= 11 is 0. The van der Waals surface area contributed by atoms with E-state index in [1.807, 2.05) is 20.8 Å². The highest BCUT2D eigenvalue weighted by Gasteiger charge is 2.25. The number of carbonyl (C=O) groups is 2. The molecule has 0 saturated carbocycles. The van der Waals surface area contributed by atoms with Crippen LogP contribution < -0.4 is 5.32 Å². The summed E-state index contributed by atoms with van der Waals surface area (Å²) in [5.41, 5.74) is 0. The van der Waals surface area contributed by atoms with Gasteiger partial charge in [0.05, 0.1) is 6.10 Å². The lowest BCUT2D eigenvalue weighted by atomic mass is 9.99. The van der Waals surface area contributed by atoms with Crippen LogP contribution in [0.4, 0.5) is 0 Å². The molecule has 0 saturated heterocycles. The van der Waals surface area contributed by atoms with Crippen LogP contribution in [0.25, 0.3) is 0 Å². The fraction of sp³-hybridized carbons (Fsp3) is 0.833. The van der Waals surface area contributed by atoms with Crippen LogP contribution in [0.1, 0.15) is 40.0 Å². The van der Waals surface area contributed by atoms with E-state index in [2.05, 4.69) is 5.32 Å². The number of hydrogen-bond acceptors (Lipinski definition) is 3. The predicted molar refractivity (Wildman–Crippen MR) is 64.7 cm³/mol. The van der Waals surface area contributed by atoms with Crippen LogP contribution in [-0.2, 0) is 14.3 Å². The molecule has 3 atom stereocenters. The molecule has 5 heteroatoms. The fourth-order valence-electron chi connectivity index (χ4n) is 1.38. The Hall–Kier alpha value is -1.10. The van der Waals surface area contributed by atoms with Crippen molar-refractivity contribution in [2.75, 3.05) is 7.11 Å². The third-order valence-corrected chi connectivity index (χ3v) is 2.98. The molecule has 0 aliphatic carbocycles. The van der Waals surface area contributed by atoms with E-state index in [0.717, 1.165) is 0 Å². The van der Waals surface area contributed by atoms with Crippen molar-refractivity contribution in [3.05, 3.63) is 0 Å². The quantitative estimate of drug-likeness (QED) is 0.678. The van der Waals surface area contributed by atoms with Crippen LogP contribution >= 0.6 is 0 Å². The van der Waals surface area contributed by atoms with E-state index in [9.17, 15) is 9.59 Å². The molecule has 1 amide bonds. The Kier molecular flexibility index (Phi) is 7.54. The summed E-state index contributed by atoms with van der Waals surface area (Å²) in [4.78, 5) is 22.6. The number of amides is 1. The molecule has 2 unspecified atom stereocenters. The molecule has 17 heavy (non-hydrogen) atoms. The minimum atomic E-state index is -0.979. The molecule has 0 aromatic carbocycles. The van der Waals surface area contributed by atoms with Gasteiger partial charge in [0.1, 0.15) is 6.04 Å². The molecule has 0 heterocycles. The van der Waals surface area contributed by atoms with Crippen LogP contribution in [0.3, 0.4) is 0 Å². The van der Waals surface area contributed by atoms with Crippen molar-refractivity contribution in [3.63, 3.8) is 0 Å². The molecule has 0 rings (SSSR count). The largest absolute Gasteiger partial charge is 0.480 e. The molecule has 0 aromatic rings. The van der Waals surface area contributed by atoms with Gasteiger partial charge in [0.25, 0.3) is 0 Å². The van der Waals surface area contributed by atoms with Crippen LogP contribution in [0.2, 0.25) is 0 Å². The molecule has 0 spiro atoms. The van der Waals surface area contributed by atoms with Crippen molar-refractivity contribution in [2.24, 2.45) is 5.92 Å². The topological polar surface area (TPSA) is 75.6 Å². The zero-order valence-corrected chi connectivity index (χ0v) is 11.0. The first kappa shape index (κ1) is 15.9. The van der Waals surface area contributed by atoms with Crippen LogP contribution in [0.15, 0.2) is 0 Å². The summed E-state index contributed by atoms with van der Waals surface area (Å²) in [5, 5.41) is 11.6. The van der Waals surface area contributed by atoms with Gasteiger partial charge in [-0.2, -0.15) is 0 Å². The van der Waals surface area contributed by atoms with Gasteiger partial charge < -0.3 is 15.2 Å². The van der Waals surface area contributed by atoms with Gasteiger partial charge >= 0.3 is 5.97 Å². The van der Waals surface area contributed by atoms with Crippen molar-refractivity contribution in [3.8, 4) is 0 Å². The van der Waals surface area contributed by atoms with E-state index in [1.165, 1.54) is 0 Å². The summed E-state index contributed by atoms with van der Waals surface area (Å²) < 4.78 is 5.03. The predicted octanol–water partition coefficient (Wildman–Crippen LogP) is 1.42. The van der Waals surface area contributed by atoms with Gasteiger partial charge in [0, 0.05) is 13.5 Å². The second-order valence-corrected chi connectivity index (χ2v) is 4.35. The molecule has 0 aliphatic rings. The number of carboxylic acids is 1. The first-order valence-electron chi connectivity index (χ1n) is 5.97. The van der Waals surface area contributed by atoms with Gasteiger partial charge in [-0.25, -0.2) is 4.79 Å². The van der Waals surface area contributed by atoms with E-state index < -0.39 is 12.0 Å². The Morgan fingerprint density at radius 2 is 1.94 bits per heavy atom. The first-order valence-corrected chi connectivity index (χ1v) is 5.97. The van der Waals surface area contributed by atoms with Crippen molar-refractivity contribution in [1.29, 1.82) is 0 Å². The van der Waals surface area contributed by atoms with Gasteiger partial charge in [0.15, 0.2) is 0 Å². The van der Waals surface area contributed by atoms with E-state index in [1.54, 1.807) is 7.11 Å². The van der Waals surface area contributed by atoms with E-state index in [-0.39, 0.29) is 24.3 Å². The van der Waals surface area contributed by atoms with Gasteiger partial charge in [0.2, 0.25) is 5.91 Å². The fourth-order valence-corrected chi connectivity index (χ4v) is 1.38. The molecule has 0 bridgehead atoms. The number of hydrogen-bond donors (Lipinski definition) is 2. The third kappa shape index (κ3) is 6.26. The Balaban J connectivity index is 4.18.